The second-order valence-electron chi connectivity index (χ2n) is 10.2. The number of Topliss-reactive ketones (excluding diaryl/α,β-unsaturated/α-hetero) is 1. The average molecular weight is 342 g/mol. The quantitative estimate of drug-likeness (QED) is 0.670. The molecule has 0 unspecified atom stereocenters. The van der Waals surface area contributed by atoms with Crippen molar-refractivity contribution in [3.8, 4) is 0 Å². The van der Waals surface area contributed by atoms with Crippen LogP contribution >= 0.6 is 0 Å². The topological polar surface area (TPSA) is 46.7 Å². The second kappa shape index (κ2) is 4.47. The second-order valence-corrected chi connectivity index (χ2v) is 10.2. The highest BCUT2D eigenvalue weighted by molar-refractivity contribution is 5.92. The molecule has 4 aliphatic carbocycles. The van der Waals surface area contributed by atoms with Gasteiger partial charge in [-0.25, -0.2) is 0 Å². The molecule has 0 spiro atoms. The third kappa shape index (κ3) is 1.63. The van der Waals surface area contributed by atoms with Gasteiger partial charge in [-0.1, -0.05) is 19.4 Å². The zero-order chi connectivity index (χ0) is 17.8. The number of hydrogen-bond donors (Lipinski definition) is 0. The molecule has 25 heavy (non-hydrogen) atoms. The maximum Gasteiger partial charge on any atom is 0.165 e. The van der Waals surface area contributed by atoms with Crippen LogP contribution < -0.4 is 0 Å². The summed E-state index contributed by atoms with van der Waals surface area (Å²) in [5, 5.41) is 0. The van der Waals surface area contributed by atoms with Crippen LogP contribution in [0.3, 0.4) is 0 Å². The lowest BCUT2D eigenvalue weighted by atomic mass is 9.46. The summed E-state index contributed by atoms with van der Waals surface area (Å²) < 4.78 is 6.18. The van der Waals surface area contributed by atoms with Crippen molar-refractivity contribution in [1.82, 2.24) is 0 Å². The van der Waals surface area contributed by atoms with Crippen LogP contribution in [-0.4, -0.2) is 22.8 Å². The molecule has 7 atom stereocenters. The smallest absolute Gasteiger partial charge is 0.165 e. The van der Waals surface area contributed by atoms with Crippen LogP contribution in [0.4, 0.5) is 0 Å². The molecule has 5 rings (SSSR count). The number of ketones is 2. The number of carbonyl (C=O) groups is 2. The van der Waals surface area contributed by atoms with Crippen LogP contribution in [0.5, 0.6) is 0 Å². The van der Waals surface area contributed by atoms with Gasteiger partial charge in [0.2, 0.25) is 0 Å². The minimum atomic E-state index is -0.519. The lowest BCUT2D eigenvalue weighted by Crippen LogP contribution is -2.54. The molecule has 136 valence electrons. The molecule has 1 saturated heterocycles. The van der Waals surface area contributed by atoms with Gasteiger partial charge in [-0.15, -0.1) is 0 Å². The van der Waals surface area contributed by atoms with Crippen molar-refractivity contribution < 1.29 is 14.3 Å². The Hall–Kier alpha value is -0.960. The van der Waals surface area contributed by atoms with Gasteiger partial charge in [-0.3, -0.25) is 9.59 Å². The summed E-state index contributed by atoms with van der Waals surface area (Å²) in [5.74, 6) is 2.50. The third-order valence-corrected chi connectivity index (χ3v) is 9.34. The molecule has 0 bridgehead atoms. The van der Waals surface area contributed by atoms with E-state index in [-0.39, 0.29) is 22.2 Å². The summed E-state index contributed by atoms with van der Waals surface area (Å²) in [7, 11) is 0. The van der Waals surface area contributed by atoms with E-state index in [0.29, 0.717) is 30.0 Å². The molecule has 0 aromatic rings. The van der Waals surface area contributed by atoms with Gasteiger partial charge in [0.1, 0.15) is 5.60 Å². The Labute approximate surface area is 150 Å². The van der Waals surface area contributed by atoms with Gasteiger partial charge in [-0.05, 0) is 81.6 Å². The summed E-state index contributed by atoms with van der Waals surface area (Å²) >= 11 is 0. The molecule has 4 fully saturated rings. The Morgan fingerprint density at radius 3 is 2.60 bits per heavy atom. The Morgan fingerprint density at radius 2 is 1.88 bits per heavy atom. The number of rotatable bonds is 1. The Bertz CT molecular complexity index is 723. The molecule has 1 heterocycles. The largest absolute Gasteiger partial charge is 0.354 e. The van der Waals surface area contributed by atoms with Crippen molar-refractivity contribution in [2.24, 2.45) is 28.6 Å². The van der Waals surface area contributed by atoms with Gasteiger partial charge in [0.15, 0.2) is 17.2 Å². The molecular formula is C22H30O3. The van der Waals surface area contributed by atoms with E-state index in [9.17, 15) is 9.59 Å². The molecule has 0 N–H and O–H groups in total. The number of ether oxygens (including phenoxy) is 1. The molecule has 1 aliphatic heterocycles. The summed E-state index contributed by atoms with van der Waals surface area (Å²) in [6.07, 6.45) is 9.26. The minimum absolute atomic E-state index is 0.00316. The van der Waals surface area contributed by atoms with Crippen LogP contribution in [0.2, 0.25) is 0 Å². The van der Waals surface area contributed by atoms with Gasteiger partial charge in [-0.2, -0.15) is 0 Å². The average Bonchev–Trinajstić information content (AvgIpc) is 3.13. The first-order valence-corrected chi connectivity index (χ1v) is 10.1. The number of fused-ring (bicyclic) bond motifs is 7. The summed E-state index contributed by atoms with van der Waals surface area (Å²) in [6, 6.07) is 0. The van der Waals surface area contributed by atoms with Crippen molar-refractivity contribution in [3.05, 3.63) is 11.6 Å². The molecule has 3 nitrogen and oxygen atoms in total. The lowest BCUT2D eigenvalue weighted by molar-refractivity contribution is -0.137. The summed E-state index contributed by atoms with van der Waals surface area (Å²) in [5.41, 5.74) is 0.870. The fourth-order valence-electron chi connectivity index (χ4n) is 8.18. The highest BCUT2D eigenvalue weighted by atomic mass is 16.6. The molecule has 3 heteroatoms. The number of hydrogen-bond acceptors (Lipinski definition) is 3. The first-order chi connectivity index (χ1) is 11.7. The molecule has 3 saturated carbocycles. The maximum absolute atomic E-state index is 12.6. The van der Waals surface area contributed by atoms with E-state index in [0.717, 1.165) is 25.7 Å². The SMILES string of the molecule is CC(=O)[C@]12O[C@]1(C)C[C@H]1[C@@H]3CCC4=CC(=O)CC[C@]4(C)[C@H]3CC[C@@]12C. The zero-order valence-corrected chi connectivity index (χ0v) is 16.0. The summed E-state index contributed by atoms with van der Waals surface area (Å²) in [4.78, 5) is 24.5. The molecule has 0 radical (unpaired) electrons. The lowest BCUT2D eigenvalue weighted by Gasteiger charge is -2.58. The van der Waals surface area contributed by atoms with E-state index >= 15 is 0 Å². The number of allylic oxidation sites excluding steroid dienone is 1. The number of carbonyl (C=O) groups excluding carboxylic acids is 2. The van der Waals surface area contributed by atoms with E-state index in [2.05, 4.69) is 20.8 Å². The zero-order valence-electron chi connectivity index (χ0n) is 16.0. The van der Waals surface area contributed by atoms with E-state index in [1.165, 1.54) is 18.4 Å². The monoisotopic (exact) mass is 342 g/mol. The normalized spacial score (nSPS) is 56.2. The van der Waals surface area contributed by atoms with Crippen molar-refractivity contribution >= 4 is 11.6 Å². The van der Waals surface area contributed by atoms with Crippen LogP contribution in [0, 0.1) is 28.6 Å². The van der Waals surface area contributed by atoms with Gasteiger partial charge < -0.3 is 4.74 Å². The molecule has 0 amide bonds. The molecule has 5 aliphatic rings. The van der Waals surface area contributed by atoms with Crippen LogP contribution in [0.25, 0.3) is 0 Å². The van der Waals surface area contributed by atoms with Crippen LogP contribution in [0.15, 0.2) is 11.6 Å². The standard InChI is InChI=1S/C22H30O3/c1-13(23)22-20(3)10-8-17-16(18(20)12-21(22,4)25-22)6-5-14-11-15(24)7-9-19(14,17)2/h11,16-18H,5-10,12H2,1-4H3/t16-,17+,18+,19+,20+,21-,22-/m1/s1. The van der Waals surface area contributed by atoms with Gasteiger partial charge in [0.05, 0.1) is 0 Å². The van der Waals surface area contributed by atoms with Gasteiger partial charge in [0, 0.05) is 11.8 Å². The van der Waals surface area contributed by atoms with E-state index in [4.69, 9.17) is 4.74 Å². The summed E-state index contributed by atoms with van der Waals surface area (Å²) in [6.45, 7) is 8.66. The third-order valence-electron chi connectivity index (χ3n) is 9.34. The fraction of sp³-hybridized carbons (Fsp3) is 0.818. The Kier molecular flexibility index (Phi) is 2.90. The highest BCUT2D eigenvalue weighted by Gasteiger charge is 2.85. The molecular weight excluding hydrogens is 312 g/mol. The van der Waals surface area contributed by atoms with Gasteiger partial charge in [0.25, 0.3) is 0 Å². The van der Waals surface area contributed by atoms with E-state index in [1.807, 2.05) is 6.08 Å². The Balaban J connectivity index is 1.54. The van der Waals surface area contributed by atoms with Crippen molar-refractivity contribution in [2.45, 2.75) is 83.8 Å². The van der Waals surface area contributed by atoms with Crippen LogP contribution in [0.1, 0.15) is 72.6 Å². The number of epoxide rings is 1. The fourth-order valence-corrected chi connectivity index (χ4v) is 8.18. The first kappa shape index (κ1) is 16.2. The van der Waals surface area contributed by atoms with Crippen molar-refractivity contribution in [2.75, 3.05) is 0 Å². The minimum Gasteiger partial charge on any atom is -0.354 e. The van der Waals surface area contributed by atoms with Crippen LogP contribution in [-0.2, 0) is 14.3 Å². The molecule has 0 aromatic carbocycles. The predicted octanol–water partition coefficient (Wildman–Crippen LogP) is 4.24. The molecule has 0 aromatic heterocycles. The predicted molar refractivity (Wildman–Crippen MR) is 95.0 cm³/mol. The van der Waals surface area contributed by atoms with E-state index in [1.54, 1.807) is 6.92 Å². The highest BCUT2D eigenvalue weighted by Crippen LogP contribution is 2.77. The van der Waals surface area contributed by atoms with Gasteiger partial charge >= 0.3 is 0 Å². The Morgan fingerprint density at radius 1 is 1.12 bits per heavy atom. The van der Waals surface area contributed by atoms with Crippen molar-refractivity contribution in [3.63, 3.8) is 0 Å². The maximum atomic E-state index is 12.6. The van der Waals surface area contributed by atoms with Crippen molar-refractivity contribution in [1.29, 1.82) is 0 Å². The first-order valence-electron chi connectivity index (χ1n) is 10.1. The van der Waals surface area contributed by atoms with E-state index < -0.39 is 5.60 Å².